The van der Waals surface area contributed by atoms with Crippen LogP contribution in [0.2, 0.25) is 0 Å². The van der Waals surface area contributed by atoms with E-state index < -0.39 is 0 Å². The maximum Gasteiger partial charge on any atom is 0.223 e. The quantitative estimate of drug-likeness (QED) is 0.651. The molecule has 74 valence electrons. The van der Waals surface area contributed by atoms with Gasteiger partial charge in [0.1, 0.15) is 5.65 Å². The fourth-order valence-electron chi connectivity index (χ4n) is 1.56. The average molecular weight is 200 g/mol. The SMILES string of the molecule is Cc1nc(-c2ccnc3[nH]ccc23)no1. The fraction of sp³-hybridized carbons (Fsp3) is 0.100. The van der Waals surface area contributed by atoms with E-state index in [0.717, 1.165) is 16.6 Å². The van der Waals surface area contributed by atoms with Gasteiger partial charge in [-0.15, -0.1) is 0 Å². The van der Waals surface area contributed by atoms with E-state index in [-0.39, 0.29) is 0 Å². The molecule has 0 radical (unpaired) electrons. The number of hydrogen-bond acceptors (Lipinski definition) is 4. The van der Waals surface area contributed by atoms with E-state index in [4.69, 9.17) is 4.52 Å². The Hall–Kier alpha value is -2.17. The van der Waals surface area contributed by atoms with Crippen molar-refractivity contribution in [3.63, 3.8) is 0 Å². The Bertz CT molecular complexity index is 610. The van der Waals surface area contributed by atoms with Crippen LogP contribution in [-0.4, -0.2) is 20.1 Å². The van der Waals surface area contributed by atoms with Crippen molar-refractivity contribution in [2.75, 3.05) is 0 Å². The lowest BCUT2D eigenvalue weighted by molar-refractivity contribution is 0.394. The number of hydrogen-bond donors (Lipinski definition) is 1. The van der Waals surface area contributed by atoms with Crippen LogP contribution in [0.3, 0.4) is 0 Å². The van der Waals surface area contributed by atoms with Crippen LogP contribution in [0.1, 0.15) is 5.89 Å². The lowest BCUT2D eigenvalue weighted by Crippen LogP contribution is -1.84. The van der Waals surface area contributed by atoms with Gasteiger partial charge in [-0.3, -0.25) is 0 Å². The molecule has 0 aromatic carbocycles. The highest BCUT2D eigenvalue weighted by Crippen LogP contribution is 2.23. The summed E-state index contributed by atoms with van der Waals surface area (Å²) >= 11 is 0. The van der Waals surface area contributed by atoms with Gasteiger partial charge in [-0.1, -0.05) is 5.16 Å². The number of nitrogens with zero attached hydrogens (tertiary/aromatic N) is 3. The highest BCUT2D eigenvalue weighted by molar-refractivity contribution is 5.90. The van der Waals surface area contributed by atoms with Crippen molar-refractivity contribution < 1.29 is 4.52 Å². The van der Waals surface area contributed by atoms with E-state index in [1.165, 1.54) is 0 Å². The monoisotopic (exact) mass is 200 g/mol. The Morgan fingerprint density at radius 2 is 2.27 bits per heavy atom. The Morgan fingerprint density at radius 3 is 3.07 bits per heavy atom. The molecule has 0 aliphatic carbocycles. The molecule has 0 saturated carbocycles. The second-order valence-electron chi connectivity index (χ2n) is 3.24. The normalized spacial score (nSPS) is 11.0. The summed E-state index contributed by atoms with van der Waals surface area (Å²) in [5.74, 6) is 1.16. The first kappa shape index (κ1) is 8.16. The minimum atomic E-state index is 0.561. The molecule has 0 fully saturated rings. The number of aromatic amines is 1. The molecule has 0 aliphatic rings. The lowest BCUT2D eigenvalue weighted by Gasteiger charge is -1.95. The lowest BCUT2D eigenvalue weighted by atomic mass is 10.2. The molecule has 0 atom stereocenters. The van der Waals surface area contributed by atoms with Gasteiger partial charge in [0, 0.05) is 30.3 Å². The molecular formula is C10H8N4O. The van der Waals surface area contributed by atoms with Crippen molar-refractivity contribution >= 4 is 11.0 Å². The summed E-state index contributed by atoms with van der Waals surface area (Å²) in [6.07, 6.45) is 3.56. The van der Waals surface area contributed by atoms with Crippen LogP contribution < -0.4 is 0 Å². The molecule has 0 aliphatic heterocycles. The van der Waals surface area contributed by atoms with Crippen molar-refractivity contribution in [3.8, 4) is 11.4 Å². The number of aryl methyl sites for hydroxylation is 1. The molecule has 0 saturated heterocycles. The first-order chi connectivity index (χ1) is 7.34. The predicted octanol–water partition coefficient (Wildman–Crippen LogP) is 1.92. The van der Waals surface area contributed by atoms with Gasteiger partial charge < -0.3 is 9.51 Å². The van der Waals surface area contributed by atoms with E-state index in [1.807, 2.05) is 18.3 Å². The fourth-order valence-corrected chi connectivity index (χ4v) is 1.56. The summed E-state index contributed by atoms with van der Waals surface area (Å²) in [6, 6.07) is 3.82. The van der Waals surface area contributed by atoms with E-state index in [2.05, 4.69) is 20.1 Å². The van der Waals surface area contributed by atoms with Crippen LogP contribution in [0, 0.1) is 6.92 Å². The van der Waals surface area contributed by atoms with Crippen LogP contribution in [0.15, 0.2) is 29.0 Å². The van der Waals surface area contributed by atoms with Crippen LogP contribution in [-0.2, 0) is 0 Å². The van der Waals surface area contributed by atoms with Gasteiger partial charge in [0.25, 0.3) is 0 Å². The second-order valence-corrected chi connectivity index (χ2v) is 3.24. The molecule has 3 aromatic heterocycles. The van der Waals surface area contributed by atoms with Crippen LogP contribution in [0.25, 0.3) is 22.4 Å². The molecule has 0 amide bonds. The molecule has 0 bridgehead atoms. The van der Waals surface area contributed by atoms with Crippen LogP contribution in [0.4, 0.5) is 0 Å². The Labute approximate surface area is 85.1 Å². The predicted molar refractivity (Wildman–Crippen MR) is 54.1 cm³/mol. The van der Waals surface area contributed by atoms with Crippen molar-refractivity contribution in [3.05, 3.63) is 30.4 Å². The summed E-state index contributed by atoms with van der Waals surface area (Å²) in [7, 11) is 0. The summed E-state index contributed by atoms with van der Waals surface area (Å²) in [6.45, 7) is 1.77. The molecule has 3 aromatic rings. The highest BCUT2D eigenvalue weighted by atomic mass is 16.5. The Kier molecular flexibility index (Phi) is 1.58. The second kappa shape index (κ2) is 2.91. The molecule has 15 heavy (non-hydrogen) atoms. The van der Waals surface area contributed by atoms with Gasteiger partial charge in [0.15, 0.2) is 0 Å². The smallest absolute Gasteiger partial charge is 0.223 e. The van der Waals surface area contributed by atoms with Crippen molar-refractivity contribution in [1.29, 1.82) is 0 Å². The first-order valence-corrected chi connectivity index (χ1v) is 4.57. The van der Waals surface area contributed by atoms with Crippen LogP contribution >= 0.6 is 0 Å². The number of fused-ring (bicyclic) bond motifs is 1. The summed E-state index contributed by atoms with van der Waals surface area (Å²) in [5.41, 5.74) is 1.76. The third-order valence-corrected chi connectivity index (χ3v) is 2.23. The van der Waals surface area contributed by atoms with Crippen molar-refractivity contribution in [1.82, 2.24) is 20.1 Å². The molecule has 3 heterocycles. The van der Waals surface area contributed by atoms with Gasteiger partial charge in [0.05, 0.1) is 0 Å². The van der Waals surface area contributed by atoms with Gasteiger partial charge in [-0.05, 0) is 12.1 Å². The maximum absolute atomic E-state index is 4.95. The minimum absolute atomic E-state index is 0.561. The van der Waals surface area contributed by atoms with E-state index >= 15 is 0 Å². The minimum Gasteiger partial charge on any atom is -0.346 e. The van der Waals surface area contributed by atoms with Crippen molar-refractivity contribution in [2.45, 2.75) is 6.92 Å². The first-order valence-electron chi connectivity index (χ1n) is 4.57. The number of rotatable bonds is 1. The zero-order chi connectivity index (χ0) is 10.3. The highest BCUT2D eigenvalue weighted by Gasteiger charge is 2.10. The van der Waals surface area contributed by atoms with Gasteiger partial charge >= 0.3 is 0 Å². The molecule has 0 unspecified atom stereocenters. The zero-order valence-corrected chi connectivity index (χ0v) is 8.06. The Balaban J connectivity index is 2.30. The van der Waals surface area contributed by atoms with Gasteiger partial charge in [-0.2, -0.15) is 4.98 Å². The molecule has 5 heteroatoms. The largest absolute Gasteiger partial charge is 0.346 e. The zero-order valence-electron chi connectivity index (χ0n) is 8.06. The third kappa shape index (κ3) is 1.20. The van der Waals surface area contributed by atoms with Gasteiger partial charge in [0.2, 0.25) is 11.7 Å². The van der Waals surface area contributed by atoms with E-state index in [0.29, 0.717) is 11.7 Å². The molecule has 0 spiro atoms. The number of nitrogens with one attached hydrogen (secondary N) is 1. The summed E-state index contributed by atoms with van der Waals surface area (Å²) < 4.78 is 4.95. The maximum atomic E-state index is 4.95. The molecule has 1 N–H and O–H groups in total. The summed E-state index contributed by atoms with van der Waals surface area (Å²) in [4.78, 5) is 11.4. The van der Waals surface area contributed by atoms with Gasteiger partial charge in [-0.25, -0.2) is 4.98 Å². The molecule has 5 nitrogen and oxygen atoms in total. The van der Waals surface area contributed by atoms with E-state index in [1.54, 1.807) is 13.1 Å². The van der Waals surface area contributed by atoms with Crippen LogP contribution in [0.5, 0.6) is 0 Å². The summed E-state index contributed by atoms with van der Waals surface area (Å²) in [5, 5.41) is 4.89. The third-order valence-electron chi connectivity index (χ3n) is 2.23. The topological polar surface area (TPSA) is 67.6 Å². The Morgan fingerprint density at radius 1 is 1.33 bits per heavy atom. The number of pyridine rings is 1. The standard InChI is InChI=1S/C10H8N4O/c1-6-13-10(14-15-6)8-3-5-12-9-7(8)2-4-11-9/h2-5H,1H3,(H,11,12). The molecule has 3 rings (SSSR count). The molecular weight excluding hydrogens is 192 g/mol. The number of aromatic nitrogens is 4. The van der Waals surface area contributed by atoms with Crippen molar-refractivity contribution in [2.24, 2.45) is 0 Å². The number of H-pyrrole nitrogens is 1. The van der Waals surface area contributed by atoms with E-state index in [9.17, 15) is 0 Å². The average Bonchev–Trinajstić information content (AvgIpc) is 2.84.